The zero-order chi connectivity index (χ0) is 8.97. The number of carbonyl (C=O) groups is 2. The second-order valence-corrected chi connectivity index (χ2v) is 3.91. The first-order valence-electron chi connectivity index (χ1n) is 4.17. The van der Waals surface area contributed by atoms with Crippen molar-refractivity contribution >= 4 is 22.8 Å². The van der Waals surface area contributed by atoms with E-state index in [1.165, 1.54) is 11.8 Å². The summed E-state index contributed by atoms with van der Waals surface area (Å²) in [4.78, 5) is 21.9. The molecule has 4 heteroatoms. The largest absolute Gasteiger partial charge is 0.355 e. The third kappa shape index (κ3) is 2.52. The van der Waals surface area contributed by atoms with Crippen LogP contribution < -0.4 is 5.32 Å². The van der Waals surface area contributed by atoms with Crippen molar-refractivity contribution in [2.75, 3.05) is 12.3 Å². The minimum absolute atomic E-state index is 0.0275. The second-order valence-electron chi connectivity index (χ2n) is 2.81. The highest BCUT2D eigenvalue weighted by molar-refractivity contribution is 8.14. The Morgan fingerprint density at radius 1 is 1.75 bits per heavy atom. The van der Waals surface area contributed by atoms with Gasteiger partial charge in [0, 0.05) is 24.6 Å². The van der Waals surface area contributed by atoms with E-state index in [0.29, 0.717) is 13.0 Å². The SMILES string of the molecule is CCC(=O)NCC1CCSC1=O. The van der Waals surface area contributed by atoms with E-state index in [4.69, 9.17) is 0 Å². The fourth-order valence-corrected chi connectivity index (χ4v) is 2.13. The maximum Gasteiger partial charge on any atom is 0.219 e. The lowest BCUT2D eigenvalue weighted by atomic mass is 10.1. The van der Waals surface area contributed by atoms with Gasteiger partial charge in [-0.25, -0.2) is 0 Å². The minimum atomic E-state index is 0.0275. The molecule has 1 N–H and O–H groups in total. The quantitative estimate of drug-likeness (QED) is 0.710. The Hall–Kier alpha value is -0.510. The number of rotatable bonds is 3. The molecule has 1 aliphatic heterocycles. The highest BCUT2D eigenvalue weighted by Crippen LogP contribution is 2.24. The Kier molecular flexibility index (Phi) is 3.59. The van der Waals surface area contributed by atoms with Gasteiger partial charge in [-0.2, -0.15) is 0 Å². The fourth-order valence-electron chi connectivity index (χ4n) is 1.08. The summed E-state index contributed by atoms with van der Waals surface area (Å²) in [6.07, 6.45) is 1.40. The molecule has 0 aromatic rings. The van der Waals surface area contributed by atoms with Crippen LogP contribution in [0.2, 0.25) is 0 Å². The summed E-state index contributed by atoms with van der Waals surface area (Å²) >= 11 is 1.37. The van der Waals surface area contributed by atoms with Crippen LogP contribution in [0.4, 0.5) is 0 Å². The number of nitrogens with one attached hydrogen (secondary N) is 1. The molecule has 68 valence electrons. The molecule has 1 unspecified atom stereocenters. The van der Waals surface area contributed by atoms with Crippen molar-refractivity contribution in [3.63, 3.8) is 0 Å². The molecule has 0 spiro atoms. The Morgan fingerprint density at radius 3 is 3.00 bits per heavy atom. The number of hydrogen-bond donors (Lipinski definition) is 1. The molecule has 1 atom stereocenters. The Labute approximate surface area is 76.3 Å². The lowest BCUT2D eigenvalue weighted by molar-refractivity contribution is -0.121. The third-order valence-corrected chi connectivity index (χ3v) is 2.97. The predicted molar refractivity (Wildman–Crippen MR) is 48.9 cm³/mol. The van der Waals surface area contributed by atoms with Crippen LogP contribution in [0, 0.1) is 5.92 Å². The highest BCUT2D eigenvalue weighted by atomic mass is 32.2. The van der Waals surface area contributed by atoms with Gasteiger partial charge in [-0.1, -0.05) is 18.7 Å². The molecule has 1 rings (SSSR count). The van der Waals surface area contributed by atoms with Crippen molar-refractivity contribution in [1.29, 1.82) is 0 Å². The third-order valence-electron chi connectivity index (χ3n) is 1.91. The normalized spacial score (nSPS) is 22.8. The summed E-state index contributed by atoms with van der Waals surface area (Å²) < 4.78 is 0. The average molecular weight is 187 g/mol. The van der Waals surface area contributed by atoms with Crippen LogP contribution in [0.3, 0.4) is 0 Å². The Bertz CT molecular complexity index is 193. The molecule has 0 saturated carbocycles. The number of thioether (sulfide) groups is 1. The summed E-state index contributed by atoms with van der Waals surface area (Å²) in [6.45, 7) is 2.33. The molecule has 1 fully saturated rings. The lowest BCUT2D eigenvalue weighted by Gasteiger charge is -2.07. The molecule has 12 heavy (non-hydrogen) atoms. The van der Waals surface area contributed by atoms with Crippen LogP contribution in [0.1, 0.15) is 19.8 Å². The molecule has 3 nitrogen and oxygen atoms in total. The van der Waals surface area contributed by atoms with Crippen LogP contribution in [-0.2, 0) is 9.59 Å². The van der Waals surface area contributed by atoms with Crippen molar-refractivity contribution < 1.29 is 9.59 Å². The van der Waals surface area contributed by atoms with Crippen LogP contribution >= 0.6 is 11.8 Å². The molecular formula is C8H13NO2S. The van der Waals surface area contributed by atoms with Crippen molar-refractivity contribution in [2.45, 2.75) is 19.8 Å². The van der Waals surface area contributed by atoms with Crippen molar-refractivity contribution in [1.82, 2.24) is 5.32 Å². The van der Waals surface area contributed by atoms with Gasteiger partial charge < -0.3 is 5.32 Å². The summed E-state index contributed by atoms with van der Waals surface area (Å²) in [7, 11) is 0. The van der Waals surface area contributed by atoms with Crippen molar-refractivity contribution in [3.8, 4) is 0 Å². The van der Waals surface area contributed by atoms with E-state index in [0.717, 1.165) is 12.2 Å². The maximum absolute atomic E-state index is 11.1. The van der Waals surface area contributed by atoms with Gasteiger partial charge in [0.1, 0.15) is 0 Å². The highest BCUT2D eigenvalue weighted by Gasteiger charge is 2.25. The average Bonchev–Trinajstić information content (AvgIpc) is 2.47. The van der Waals surface area contributed by atoms with Gasteiger partial charge in [-0.3, -0.25) is 9.59 Å². The lowest BCUT2D eigenvalue weighted by Crippen LogP contribution is -2.29. The van der Waals surface area contributed by atoms with E-state index in [1.807, 2.05) is 0 Å². The van der Waals surface area contributed by atoms with E-state index < -0.39 is 0 Å². The van der Waals surface area contributed by atoms with Crippen LogP contribution in [-0.4, -0.2) is 23.3 Å². The molecule has 1 amide bonds. The van der Waals surface area contributed by atoms with Gasteiger partial charge >= 0.3 is 0 Å². The summed E-state index contributed by atoms with van der Waals surface area (Å²) in [5.41, 5.74) is 0. The fraction of sp³-hybridized carbons (Fsp3) is 0.750. The first-order valence-corrected chi connectivity index (χ1v) is 5.16. The summed E-state index contributed by atoms with van der Waals surface area (Å²) in [6, 6.07) is 0. The van der Waals surface area contributed by atoms with E-state index in [9.17, 15) is 9.59 Å². The maximum atomic E-state index is 11.1. The minimum Gasteiger partial charge on any atom is -0.355 e. The Balaban J connectivity index is 2.22. The van der Waals surface area contributed by atoms with E-state index in [-0.39, 0.29) is 16.9 Å². The molecular weight excluding hydrogens is 174 g/mol. The molecule has 0 radical (unpaired) electrons. The zero-order valence-electron chi connectivity index (χ0n) is 7.13. The van der Waals surface area contributed by atoms with Gasteiger partial charge in [0.15, 0.2) is 5.12 Å². The molecule has 0 aromatic carbocycles. The summed E-state index contributed by atoms with van der Waals surface area (Å²) in [5, 5.41) is 2.96. The van der Waals surface area contributed by atoms with E-state index >= 15 is 0 Å². The van der Waals surface area contributed by atoms with Gasteiger partial charge in [-0.05, 0) is 6.42 Å². The number of hydrogen-bond acceptors (Lipinski definition) is 3. The van der Waals surface area contributed by atoms with Crippen LogP contribution in [0.5, 0.6) is 0 Å². The monoisotopic (exact) mass is 187 g/mol. The van der Waals surface area contributed by atoms with Crippen molar-refractivity contribution in [3.05, 3.63) is 0 Å². The van der Waals surface area contributed by atoms with Crippen LogP contribution in [0.15, 0.2) is 0 Å². The molecule has 1 heterocycles. The zero-order valence-corrected chi connectivity index (χ0v) is 7.95. The Morgan fingerprint density at radius 2 is 2.50 bits per heavy atom. The molecule has 0 aliphatic carbocycles. The molecule has 1 saturated heterocycles. The van der Waals surface area contributed by atoms with Crippen LogP contribution in [0.25, 0.3) is 0 Å². The van der Waals surface area contributed by atoms with E-state index in [2.05, 4.69) is 5.32 Å². The van der Waals surface area contributed by atoms with Gasteiger partial charge in [0.25, 0.3) is 0 Å². The summed E-state index contributed by atoms with van der Waals surface area (Å²) in [5.74, 6) is 0.996. The number of amides is 1. The molecule has 0 aromatic heterocycles. The predicted octanol–water partition coefficient (Wildman–Crippen LogP) is 0.792. The van der Waals surface area contributed by atoms with E-state index in [1.54, 1.807) is 6.92 Å². The first-order chi connectivity index (χ1) is 5.74. The van der Waals surface area contributed by atoms with Crippen molar-refractivity contribution in [2.24, 2.45) is 5.92 Å². The van der Waals surface area contributed by atoms with Gasteiger partial charge in [0.05, 0.1) is 0 Å². The first kappa shape index (κ1) is 9.58. The molecule has 0 bridgehead atoms. The van der Waals surface area contributed by atoms with Gasteiger partial charge in [-0.15, -0.1) is 0 Å². The second kappa shape index (κ2) is 4.50. The molecule has 1 aliphatic rings. The smallest absolute Gasteiger partial charge is 0.219 e. The van der Waals surface area contributed by atoms with Gasteiger partial charge in [0.2, 0.25) is 5.91 Å². The number of carbonyl (C=O) groups excluding carboxylic acids is 2. The standard InChI is InChI=1S/C8H13NO2S/c1-2-7(10)9-5-6-3-4-12-8(6)11/h6H,2-5H2,1H3,(H,9,10). The topological polar surface area (TPSA) is 46.2 Å².